The van der Waals surface area contributed by atoms with Crippen LogP contribution in [-0.4, -0.2) is 11.9 Å². The molecule has 6 nitrogen and oxygen atoms in total. The summed E-state index contributed by atoms with van der Waals surface area (Å²) in [6.45, 7) is 66.9. The Bertz CT molecular complexity index is 4950. The molecule has 574 valence electrons. The zero-order valence-electron chi connectivity index (χ0n) is 71.8. The van der Waals surface area contributed by atoms with Gasteiger partial charge in [0.2, 0.25) is 0 Å². The third-order valence-corrected chi connectivity index (χ3v) is 22.7. The summed E-state index contributed by atoms with van der Waals surface area (Å²) in [7, 11) is 0. The number of nitrogens with zero attached hydrogens (tertiary/aromatic N) is 3. The number of anilines is 9. The van der Waals surface area contributed by atoms with E-state index < -0.39 is 11.9 Å². The van der Waals surface area contributed by atoms with E-state index in [1.54, 1.807) is 0 Å². The summed E-state index contributed by atoms with van der Waals surface area (Å²) in [5.74, 6) is -1.35. The number of allylic oxidation sites excluding steroid dienone is 3. The van der Waals surface area contributed by atoms with E-state index in [-0.39, 0.29) is 54.1 Å². The lowest BCUT2D eigenvalue weighted by Gasteiger charge is -2.36. The summed E-state index contributed by atoms with van der Waals surface area (Å²) in [6, 6.07) is 70.4. The second kappa shape index (κ2) is 28.5. The number of carbonyl (C=O) groups is 2. The summed E-state index contributed by atoms with van der Waals surface area (Å²) < 4.78 is 6.11. The maximum absolute atomic E-state index is 15.4. The van der Waals surface area contributed by atoms with Gasteiger partial charge in [-0.1, -0.05) is 288 Å². The van der Waals surface area contributed by atoms with Gasteiger partial charge in [-0.2, -0.15) is 0 Å². The number of cyclic esters (lactones) is 2. The largest absolute Gasteiger partial charge is 0.386 e. The Balaban J connectivity index is 1.26. The molecule has 12 rings (SSSR count). The molecule has 0 saturated carbocycles. The zero-order valence-corrected chi connectivity index (χ0v) is 71.8. The van der Waals surface area contributed by atoms with Crippen molar-refractivity contribution in [3.8, 4) is 0 Å². The Morgan fingerprint density at radius 1 is 0.309 bits per heavy atom. The molecule has 0 spiro atoms. The van der Waals surface area contributed by atoms with Gasteiger partial charge in [-0.05, 0) is 246 Å². The van der Waals surface area contributed by atoms with Crippen LogP contribution in [0.5, 0.6) is 0 Å². The van der Waals surface area contributed by atoms with Crippen LogP contribution >= 0.6 is 0 Å². The van der Waals surface area contributed by atoms with Crippen molar-refractivity contribution in [2.75, 3.05) is 14.7 Å². The van der Waals surface area contributed by atoms with Crippen molar-refractivity contribution in [2.45, 2.75) is 246 Å². The standard InChI is InChI=1S/C104H125N3O3/c1-66(2)58-67(3)68-32-44-74(45-33-68)105(75-46-34-69(35-47-75)100(19,20)61-95(4,5)6)85-57-56-82-88-80(85)30-29-31-81(88)90-86(106(76-48-36-70(37-49-76)101(21,22)62-96(7,8)9)77-50-38-71(39-51-77)102(23,24)63-97(10,11)12)59-83-89-84(94(109)110-93(83)108)60-87(91(82)92(89)90)107(78-52-40-72(41-53-78)103(25,26)64-98(13,14)15)79-54-42-73(43-55-79)104(27,28)65-99(16,17)18/h29-60H,1,61-65H2,2-28H3/b67-58+. The Morgan fingerprint density at radius 2 is 0.573 bits per heavy atom. The van der Waals surface area contributed by atoms with E-state index in [1.165, 1.54) is 27.8 Å². The van der Waals surface area contributed by atoms with Crippen LogP contribution < -0.4 is 14.7 Å². The molecule has 1 heterocycles. The first-order valence-electron chi connectivity index (χ1n) is 40.3. The molecule has 0 aliphatic carbocycles. The maximum atomic E-state index is 15.4. The van der Waals surface area contributed by atoms with Crippen molar-refractivity contribution < 1.29 is 14.3 Å². The highest BCUT2D eigenvalue weighted by molar-refractivity contribution is 6.42. The van der Waals surface area contributed by atoms with E-state index in [0.717, 1.165) is 138 Å². The van der Waals surface area contributed by atoms with Crippen LogP contribution in [0, 0.1) is 27.1 Å². The maximum Gasteiger partial charge on any atom is 0.346 e. The molecule has 1 aliphatic rings. The van der Waals surface area contributed by atoms with Crippen molar-refractivity contribution in [1.82, 2.24) is 0 Å². The number of benzene rings is 11. The Hall–Kier alpha value is -9.26. The summed E-state index contributed by atoms with van der Waals surface area (Å²) in [5.41, 5.74) is 18.3. The Kier molecular flexibility index (Phi) is 20.8. The van der Waals surface area contributed by atoms with Crippen molar-refractivity contribution in [2.24, 2.45) is 27.1 Å². The number of ether oxygens (including phenoxy) is 1. The topological polar surface area (TPSA) is 53.1 Å². The number of hydrogen-bond acceptors (Lipinski definition) is 6. The molecule has 0 bridgehead atoms. The second-order valence-electron chi connectivity index (χ2n) is 42.0. The molecule has 0 N–H and O–H groups in total. The van der Waals surface area contributed by atoms with E-state index in [2.05, 4.69) is 383 Å². The number of carbonyl (C=O) groups excluding carboxylic acids is 2. The normalized spacial score (nSPS) is 14.0. The Labute approximate surface area is 660 Å². The lowest BCUT2D eigenvalue weighted by molar-refractivity contribution is 0.0391. The monoisotopic (exact) mass is 1460 g/mol. The average molecular weight is 1470 g/mol. The molecule has 11 aromatic rings. The van der Waals surface area contributed by atoms with Crippen molar-refractivity contribution in [3.63, 3.8) is 0 Å². The quantitative estimate of drug-likeness (QED) is 0.0235. The van der Waals surface area contributed by atoms with Gasteiger partial charge in [-0.25, -0.2) is 9.59 Å². The summed E-state index contributed by atoms with van der Waals surface area (Å²) >= 11 is 0. The SMILES string of the molecule is C=C(C)/C=C(\C)c1ccc(N(c2ccc(C(C)(C)CC(C)(C)C)cc2)c2ccc3c4c(N(c5ccc(C(C)(C)CC(C)(C)C)cc5)c5ccc(C(C)(C)CC(C)(C)C)cc5)cc5c6c(cc(N(c7ccc(C(C)(C)CC(C)(C)C)cc7)c7ccc(C(C)(C)CC(C)(C)C)cc7)c(c7cccc2c73)c64)C(=O)OC5=O)cc1. The van der Waals surface area contributed by atoms with Gasteiger partial charge < -0.3 is 19.4 Å². The van der Waals surface area contributed by atoms with Gasteiger partial charge in [0.25, 0.3) is 0 Å². The lowest BCUT2D eigenvalue weighted by atomic mass is 9.72. The molecular weight excluding hydrogens is 1340 g/mol. The molecule has 6 heteroatoms. The smallest absolute Gasteiger partial charge is 0.346 e. The molecule has 0 radical (unpaired) electrons. The van der Waals surface area contributed by atoms with Crippen molar-refractivity contribution in [1.29, 1.82) is 0 Å². The van der Waals surface area contributed by atoms with Crippen LogP contribution in [0.2, 0.25) is 0 Å². The highest BCUT2D eigenvalue weighted by Crippen LogP contribution is 2.57. The molecule has 11 aromatic carbocycles. The minimum atomic E-state index is -0.676. The van der Waals surface area contributed by atoms with Crippen LogP contribution in [-0.2, 0) is 31.8 Å². The van der Waals surface area contributed by atoms with Gasteiger partial charge in [0.05, 0.1) is 28.2 Å². The molecule has 1 aliphatic heterocycles. The third kappa shape index (κ3) is 16.7. The molecule has 0 unspecified atom stereocenters. The van der Waals surface area contributed by atoms with Crippen LogP contribution in [0.4, 0.5) is 51.2 Å². The minimum Gasteiger partial charge on any atom is -0.386 e. The zero-order chi connectivity index (χ0) is 80.3. The molecule has 0 saturated heterocycles. The van der Waals surface area contributed by atoms with E-state index >= 15 is 9.59 Å². The number of fused-ring (bicyclic) bond motifs is 2. The molecule has 0 atom stereocenters. The first-order valence-corrected chi connectivity index (χ1v) is 40.3. The predicted molar refractivity (Wildman–Crippen MR) is 475 cm³/mol. The van der Waals surface area contributed by atoms with Crippen LogP contribution in [0.15, 0.2) is 206 Å². The highest BCUT2D eigenvalue weighted by atomic mass is 16.6. The van der Waals surface area contributed by atoms with Crippen LogP contribution in [0.25, 0.3) is 48.7 Å². The number of rotatable bonds is 21. The second-order valence-corrected chi connectivity index (χ2v) is 42.0. The fourth-order valence-corrected chi connectivity index (χ4v) is 20.1. The van der Waals surface area contributed by atoms with E-state index in [4.69, 9.17) is 4.74 Å². The molecule has 0 aromatic heterocycles. The molecule has 0 amide bonds. The van der Waals surface area contributed by atoms with Gasteiger partial charge >= 0.3 is 11.9 Å². The fraction of sp³-hybridized carbons (Fsp3) is 0.404. The molecule has 110 heavy (non-hydrogen) atoms. The van der Waals surface area contributed by atoms with E-state index in [9.17, 15) is 0 Å². The Morgan fingerprint density at radius 3 is 0.855 bits per heavy atom. The number of hydrogen-bond donors (Lipinski definition) is 0. The van der Waals surface area contributed by atoms with Gasteiger partial charge in [-0.3, -0.25) is 0 Å². The summed E-state index contributed by atoms with van der Waals surface area (Å²) in [4.78, 5) is 38.1. The minimum absolute atomic E-state index is 0.0829. The first kappa shape index (κ1) is 80.3. The highest BCUT2D eigenvalue weighted by Gasteiger charge is 2.39. The van der Waals surface area contributed by atoms with Gasteiger partial charge in [0, 0.05) is 61.1 Å². The third-order valence-electron chi connectivity index (χ3n) is 22.7. The molecule has 0 fully saturated rings. The average Bonchev–Trinajstić information content (AvgIpc) is 0.681. The lowest BCUT2D eigenvalue weighted by Crippen LogP contribution is -2.25. The van der Waals surface area contributed by atoms with Crippen molar-refractivity contribution >= 4 is 112 Å². The van der Waals surface area contributed by atoms with E-state index in [0.29, 0.717) is 16.5 Å². The molecular formula is C104H125N3O3. The van der Waals surface area contributed by atoms with Crippen LogP contribution in [0.1, 0.15) is 273 Å². The summed E-state index contributed by atoms with van der Waals surface area (Å²) in [5, 5.41) is 7.27. The van der Waals surface area contributed by atoms with Gasteiger partial charge in [0.1, 0.15) is 0 Å². The predicted octanol–water partition coefficient (Wildman–Crippen LogP) is 31.0. The fourth-order valence-electron chi connectivity index (χ4n) is 20.1. The first-order chi connectivity index (χ1) is 50.9. The van der Waals surface area contributed by atoms with Crippen LogP contribution in [0.3, 0.4) is 0 Å². The number of esters is 2. The van der Waals surface area contributed by atoms with E-state index in [1.807, 2.05) is 19.1 Å². The van der Waals surface area contributed by atoms with Gasteiger partial charge in [-0.15, -0.1) is 0 Å². The van der Waals surface area contributed by atoms with Gasteiger partial charge in [0.15, 0.2) is 0 Å². The van der Waals surface area contributed by atoms with Crippen molar-refractivity contribution in [3.05, 3.63) is 251 Å². The summed E-state index contributed by atoms with van der Waals surface area (Å²) in [6.07, 6.45) is 7.11.